The van der Waals surface area contributed by atoms with Crippen LogP contribution in [0.1, 0.15) is 24.2 Å². The van der Waals surface area contributed by atoms with E-state index in [1.54, 1.807) is 41.6 Å². The van der Waals surface area contributed by atoms with Crippen molar-refractivity contribution in [2.75, 3.05) is 24.2 Å². The maximum absolute atomic E-state index is 12.3. The first-order valence-electron chi connectivity index (χ1n) is 9.25. The number of benzene rings is 1. The number of carbonyl (C=O) groups excluding carboxylic acids is 2. The number of H-pyrrole nitrogens is 1. The first-order valence-corrected chi connectivity index (χ1v) is 10.2. The summed E-state index contributed by atoms with van der Waals surface area (Å²) in [5, 5.41) is 10.3. The molecule has 0 aliphatic rings. The number of carbonyl (C=O) groups is 2. The summed E-state index contributed by atoms with van der Waals surface area (Å²) < 4.78 is 0. The zero-order chi connectivity index (χ0) is 20.6. The van der Waals surface area contributed by atoms with Gasteiger partial charge in [-0.05, 0) is 50.2 Å². The molecule has 0 saturated heterocycles. The smallest absolute Gasteiger partial charge is 0.253 e. The van der Waals surface area contributed by atoms with Crippen molar-refractivity contribution in [1.82, 2.24) is 25.1 Å². The average molecular weight is 411 g/mol. The highest BCUT2D eigenvalue weighted by Crippen LogP contribution is 2.19. The van der Waals surface area contributed by atoms with Crippen molar-refractivity contribution in [2.24, 2.45) is 0 Å². The van der Waals surface area contributed by atoms with Gasteiger partial charge in [-0.2, -0.15) is 0 Å². The summed E-state index contributed by atoms with van der Waals surface area (Å²) in [5.41, 5.74) is 2.12. The highest BCUT2D eigenvalue weighted by atomic mass is 32.2. The summed E-state index contributed by atoms with van der Waals surface area (Å²) in [4.78, 5) is 34.6. The Hall–Kier alpha value is -3.20. The van der Waals surface area contributed by atoms with Crippen LogP contribution in [0.4, 0.5) is 5.69 Å². The molecule has 0 aliphatic heterocycles. The number of anilines is 1. The minimum Gasteiger partial charge on any atom is -0.339 e. The van der Waals surface area contributed by atoms with Crippen molar-refractivity contribution < 1.29 is 9.59 Å². The molecule has 1 aromatic carbocycles. The number of hydrogen-bond acceptors (Lipinski definition) is 6. The van der Waals surface area contributed by atoms with E-state index in [9.17, 15) is 9.59 Å². The van der Waals surface area contributed by atoms with E-state index in [0.29, 0.717) is 35.3 Å². The van der Waals surface area contributed by atoms with Crippen LogP contribution in [0.2, 0.25) is 0 Å². The predicted octanol–water partition coefficient (Wildman–Crippen LogP) is 3.08. The largest absolute Gasteiger partial charge is 0.339 e. The fraction of sp³-hybridized carbons (Fsp3) is 0.250. The van der Waals surface area contributed by atoms with Crippen LogP contribution in [0.3, 0.4) is 0 Å². The summed E-state index contributed by atoms with van der Waals surface area (Å²) in [5.74, 6) is 0.614. The summed E-state index contributed by atoms with van der Waals surface area (Å²) in [6.07, 6.45) is 3.36. The number of aromatic amines is 1. The molecule has 0 radical (unpaired) electrons. The summed E-state index contributed by atoms with van der Waals surface area (Å²) in [7, 11) is 0. The molecule has 0 unspecified atom stereocenters. The van der Waals surface area contributed by atoms with E-state index < -0.39 is 0 Å². The van der Waals surface area contributed by atoms with Gasteiger partial charge in [0.2, 0.25) is 11.1 Å². The molecule has 0 fully saturated rings. The van der Waals surface area contributed by atoms with Crippen LogP contribution >= 0.6 is 11.8 Å². The topological polar surface area (TPSA) is 104 Å². The molecule has 0 atom stereocenters. The van der Waals surface area contributed by atoms with Crippen LogP contribution in [0.15, 0.2) is 53.9 Å². The van der Waals surface area contributed by atoms with E-state index in [4.69, 9.17) is 0 Å². The van der Waals surface area contributed by atoms with E-state index in [-0.39, 0.29) is 17.6 Å². The van der Waals surface area contributed by atoms with E-state index in [1.807, 2.05) is 26.0 Å². The van der Waals surface area contributed by atoms with Crippen LogP contribution in [0, 0.1) is 0 Å². The van der Waals surface area contributed by atoms with Crippen LogP contribution in [0.5, 0.6) is 0 Å². The number of rotatable bonds is 8. The number of nitrogens with one attached hydrogen (secondary N) is 2. The van der Waals surface area contributed by atoms with E-state index >= 15 is 0 Å². The van der Waals surface area contributed by atoms with Gasteiger partial charge in [0.05, 0.1) is 5.75 Å². The lowest BCUT2D eigenvalue weighted by Gasteiger charge is -2.18. The monoisotopic (exact) mass is 410 g/mol. The molecule has 150 valence electrons. The number of aromatic nitrogens is 4. The van der Waals surface area contributed by atoms with Gasteiger partial charge < -0.3 is 10.2 Å². The molecule has 2 aromatic heterocycles. The van der Waals surface area contributed by atoms with Crippen LogP contribution in [-0.4, -0.2) is 55.7 Å². The second-order valence-electron chi connectivity index (χ2n) is 6.09. The number of amides is 2. The number of thioether (sulfide) groups is 1. The highest BCUT2D eigenvalue weighted by molar-refractivity contribution is 7.99. The Bertz CT molecular complexity index is 955. The molecule has 3 aromatic rings. The molecule has 2 amide bonds. The molecule has 3 rings (SSSR count). The lowest BCUT2D eigenvalue weighted by Crippen LogP contribution is -2.30. The van der Waals surface area contributed by atoms with Gasteiger partial charge in [-0.25, -0.2) is 4.98 Å². The molecule has 0 bridgehead atoms. The van der Waals surface area contributed by atoms with Gasteiger partial charge in [0.25, 0.3) is 5.91 Å². The third-order valence-corrected chi connectivity index (χ3v) is 5.06. The van der Waals surface area contributed by atoms with Gasteiger partial charge in [-0.15, -0.1) is 5.10 Å². The second kappa shape index (κ2) is 9.83. The van der Waals surface area contributed by atoms with Crippen molar-refractivity contribution >= 4 is 29.3 Å². The summed E-state index contributed by atoms with van der Waals surface area (Å²) >= 11 is 1.24. The molecule has 9 heteroatoms. The molecule has 8 nitrogen and oxygen atoms in total. The van der Waals surface area contributed by atoms with Crippen LogP contribution in [0.25, 0.3) is 11.4 Å². The predicted molar refractivity (Wildman–Crippen MR) is 113 cm³/mol. The van der Waals surface area contributed by atoms with Gasteiger partial charge in [0.15, 0.2) is 5.82 Å². The van der Waals surface area contributed by atoms with Gasteiger partial charge in [-0.3, -0.25) is 19.7 Å². The zero-order valence-corrected chi connectivity index (χ0v) is 17.1. The third kappa shape index (κ3) is 5.41. The first-order chi connectivity index (χ1) is 14.1. The molecule has 29 heavy (non-hydrogen) atoms. The molecule has 2 heterocycles. The minimum absolute atomic E-state index is 0.0157. The van der Waals surface area contributed by atoms with E-state index in [1.165, 1.54) is 11.8 Å². The van der Waals surface area contributed by atoms with Crippen molar-refractivity contribution in [1.29, 1.82) is 0 Å². The van der Waals surface area contributed by atoms with Crippen molar-refractivity contribution in [3.63, 3.8) is 0 Å². The van der Waals surface area contributed by atoms with Crippen LogP contribution < -0.4 is 5.32 Å². The number of hydrogen-bond donors (Lipinski definition) is 2. The molecule has 2 N–H and O–H groups in total. The first kappa shape index (κ1) is 20.5. The Morgan fingerprint density at radius 2 is 1.76 bits per heavy atom. The fourth-order valence-corrected chi connectivity index (χ4v) is 3.26. The Morgan fingerprint density at radius 3 is 2.41 bits per heavy atom. The van der Waals surface area contributed by atoms with Crippen LogP contribution in [-0.2, 0) is 4.79 Å². The Kier molecular flexibility index (Phi) is 6.96. The second-order valence-corrected chi connectivity index (χ2v) is 7.04. The van der Waals surface area contributed by atoms with Crippen molar-refractivity contribution in [3.8, 4) is 11.4 Å². The fourth-order valence-electron chi connectivity index (χ4n) is 2.67. The normalized spacial score (nSPS) is 10.6. The molecule has 0 spiro atoms. The molecule has 0 aliphatic carbocycles. The van der Waals surface area contributed by atoms with E-state index in [2.05, 4.69) is 25.5 Å². The van der Waals surface area contributed by atoms with Crippen molar-refractivity contribution in [3.05, 3.63) is 54.4 Å². The maximum atomic E-state index is 12.3. The van der Waals surface area contributed by atoms with Gasteiger partial charge in [0, 0.05) is 42.3 Å². The Morgan fingerprint density at radius 1 is 1.07 bits per heavy atom. The molecular formula is C20H22N6O2S. The number of pyridine rings is 1. The summed E-state index contributed by atoms with van der Waals surface area (Å²) in [6.45, 7) is 5.22. The lowest BCUT2D eigenvalue weighted by molar-refractivity contribution is -0.113. The number of nitrogens with zero attached hydrogens (tertiary/aromatic N) is 4. The Labute approximate surface area is 173 Å². The van der Waals surface area contributed by atoms with E-state index in [0.717, 1.165) is 5.56 Å². The lowest BCUT2D eigenvalue weighted by atomic mass is 10.2. The van der Waals surface area contributed by atoms with Gasteiger partial charge >= 0.3 is 0 Å². The van der Waals surface area contributed by atoms with Gasteiger partial charge in [-0.1, -0.05) is 11.8 Å². The standard InChI is InChI=1S/C20H22N6O2S/c1-3-26(4-2)19(28)15-5-7-16(8-6-15)22-17(27)13-29-20-23-18(24-25-20)14-9-11-21-12-10-14/h5-12H,3-4,13H2,1-2H3,(H,22,27)(H,23,24,25). The molecular weight excluding hydrogens is 388 g/mol. The third-order valence-electron chi connectivity index (χ3n) is 4.22. The highest BCUT2D eigenvalue weighted by Gasteiger charge is 2.13. The average Bonchev–Trinajstić information content (AvgIpc) is 3.23. The van der Waals surface area contributed by atoms with Gasteiger partial charge in [0.1, 0.15) is 0 Å². The SMILES string of the molecule is CCN(CC)C(=O)c1ccc(NC(=O)CSc2n[nH]c(-c3ccncc3)n2)cc1. The zero-order valence-electron chi connectivity index (χ0n) is 16.3. The maximum Gasteiger partial charge on any atom is 0.253 e. The summed E-state index contributed by atoms with van der Waals surface area (Å²) in [6, 6.07) is 10.6. The minimum atomic E-state index is -0.173. The molecule has 0 saturated carbocycles. The Balaban J connectivity index is 1.52. The quantitative estimate of drug-likeness (QED) is 0.553. The van der Waals surface area contributed by atoms with Crippen molar-refractivity contribution in [2.45, 2.75) is 19.0 Å².